The molecule has 0 aliphatic carbocycles. The number of rotatable bonds is 8. The highest BCUT2D eigenvalue weighted by Crippen LogP contribution is 2.20. The van der Waals surface area contributed by atoms with E-state index < -0.39 is 17.9 Å². The van der Waals surface area contributed by atoms with Crippen LogP contribution in [0.15, 0.2) is 78.9 Å². The van der Waals surface area contributed by atoms with Crippen molar-refractivity contribution in [3.8, 4) is 17.2 Å². The number of hydrogen-bond donors (Lipinski definition) is 2. The predicted octanol–water partition coefficient (Wildman–Crippen LogP) is 3.50. The highest BCUT2D eigenvalue weighted by molar-refractivity contribution is 5.98. The van der Waals surface area contributed by atoms with Crippen LogP contribution in [0, 0.1) is 0 Å². The standard InChI is InChI=1S/C24H24N2O5/c1-17(31-20-14-12-19(29-2)13-15-20)23(27)25-26-24(28)21-10-6-7-11-22(21)30-16-18-8-4-3-5-9-18/h3-15,17H,16H2,1-2H3,(H,25,27)(H,26,28). The van der Waals surface area contributed by atoms with E-state index in [1.165, 1.54) is 0 Å². The van der Waals surface area contributed by atoms with Crippen LogP contribution in [0.3, 0.4) is 0 Å². The lowest BCUT2D eigenvalue weighted by Crippen LogP contribution is -2.47. The number of hydrazine groups is 1. The lowest BCUT2D eigenvalue weighted by atomic mass is 10.2. The van der Waals surface area contributed by atoms with Gasteiger partial charge in [0.1, 0.15) is 23.9 Å². The number of methoxy groups -OCH3 is 1. The van der Waals surface area contributed by atoms with Crippen LogP contribution in [0.2, 0.25) is 0 Å². The van der Waals surface area contributed by atoms with Gasteiger partial charge in [0, 0.05) is 0 Å². The Morgan fingerprint density at radius 2 is 1.48 bits per heavy atom. The van der Waals surface area contributed by atoms with Gasteiger partial charge in [-0.1, -0.05) is 42.5 Å². The Morgan fingerprint density at radius 3 is 2.19 bits per heavy atom. The third-order valence-electron chi connectivity index (χ3n) is 4.41. The Kier molecular flexibility index (Phi) is 7.48. The van der Waals surface area contributed by atoms with Gasteiger partial charge in [0.05, 0.1) is 12.7 Å². The number of para-hydroxylation sites is 1. The van der Waals surface area contributed by atoms with E-state index in [1.54, 1.807) is 62.6 Å². The maximum atomic E-state index is 12.6. The molecular formula is C24H24N2O5. The molecule has 2 amide bonds. The van der Waals surface area contributed by atoms with E-state index in [1.807, 2.05) is 30.3 Å². The van der Waals surface area contributed by atoms with Gasteiger partial charge in [0.25, 0.3) is 11.8 Å². The van der Waals surface area contributed by atoms with E-state index in [-0.39, 0.29) is 0 Å². The Labute approximate surface area is 180 Å². The van der Waals surface area contributed by atoms with Crippen molar-refractivity contribution in [2.75, 3.05) is 7.11 Å². The lowest BCUT2D eigenvalue weighted by molar-refractivity contribution is -0.128. The normalized spacial score (nSPS) is 11.2. The smallest absolute Gasteiger partial charge is 0.279 e. The SMILES string of the molecule is COc1ccc(OC(C)C(=O)NNC(=O)c2ccccc2OCc2ccccc2)cc1. The average molecular weight is 420 g/mol. The third-order valence-corrected chi connectivity index (χ3v) is 4.41. The molecule has 3 aromatic rings. The summed E-state index contributed by atoms with van der Waals surface area (Å²) in [5.74, 6) is 0.625. The molecule has 0 aliphatic rings. The van der Waals surface area contributed by atoms with Crippen LogP contribution in [0.4, 0.5) is 0 Å². The fourth-order valence-corrected chi connectivity index (χ4v) is 2.71. The molecule has 3 aromatic carbocycles. The minimum absolute atomic E-state index is 0.308. The van der Waals surface area contributed by atoms with Crippen LogP contribution in [0.1, 0.15) is 22.8 Å². The van der Waals surface area contributed by atoms with Crippen molar-refractivity contribution >= 4 is 11.8 Å². The highest BCUT2D eigenvalue weighted by atomic mass is 16.5. The molecule has 1 unspecified atom stereocenters. The quantitative estimate of drug-likeness (QED) is 0.545. The van der Waals surface area contributed by atoms with Crippen LogP contribution in [-0.2, 0) is 11.4 Å². The first-order chi connectivity index (χ1) is 15.1. The second-order valence-corrected chi connectivity index (χ2v) is 6.65. The van der Waals surface area contributed by atoms with Crippen molar-refractivity contribution in [3.63, 3.8) is 0 Å². The number of ether oxygens (including phenoxy) is 3. The van der Waals surface area contributed by atoms with E-state index in [2.05, 4.69) is 10.9 Å². The van der Waals surface area contributed by atoms with Gasteiger partial charge in [0.2, 0.25) is 0 Å². The van der Waals surface area contributed by atoms with Crippen molar-refractivity contribution in [2.45, 2.75) is 19.6 Å². The summed E-state index contributed by atoms with van der Waals surface area (Å²) in [7, 11) is 1.57. The highest BCUT2D eigenvalue weighted by Gasteiger charge is 2.17. The summed E-state index contributed by atoms with van der Waals surface area (Å²) >= 11 is 0. The van der Waals surface area contributed by atoms with Gasteiger partial charge in [-0.25, -0.2) is 0 Å². The van der Waals surface area contributed by atoms with Crippen molar-refractivity contribution in [2.24, 2.45) is 0 Å². The number of amides is 2. The molecule has 0 aromatic heterocycles. The maximum absolute atomic E-state index is 12.6. The summed E-state index contributed by atoms with van der Waals surface area (Å²) in [6, 6.07) is 23.3. The zero-order valence-corrected chi connectivity index (χ0v) is 17.3. The van der Waals surface area contributed by atoms with Gasteiger partial charge >= 0.3 is 0 Å². The second-order valence-electron chi connectivity index (χ2n) is 6.65. The predicted molar refractivity (Wildman–Crippen MR) is 116 cm³/mol. The number of carbonyl (C=O) groups is 2. The Hall–Kier alpha value is -4.00. The molecule has 0 radical (unpaired) electrons. The van der Waals surface area contributed by atoms with Crippen molar-refractivity contribution < 1.29 is 23.8 Å². The molecule has 7 heteroatoms. The fraction of sp³-hybridized carbons (Fsp3) is 0.167. The zero-order chi connectivity index (χ0) is 22.1. The first-order valence-corrected chi connectivity index (χ1v) is 9.73. The number of benzene rings is 3. The minimum atomic E-state index is -0.821. The van der Waals surface area contributed by atoms with Crippen LogP contribution in [-0.4, -0.2) is 25.0 Å². The fourth-order valence-electron chi connectivity index (χ4n) is 2.71. The first kappa shape index (κ1) is 21.7. The van der Waals surface area contributed by atoms with Crippen molar-refractivity contribution in [3.05, 3.63) is 90.0 Å². The van der Waals surface area contributed by atoms with E-state index in [0.717, 1.165) is 5.56 Å². The van der Waals surface area contributed by atoms with Crippen molar-refractivity contribution in [1.29, 1.82) is 0 Å². The van der Waals surface area contributed by atoms with Crippen LogP contribution < -0.4 is 25.1 Å². The van der Waals surface area contributed by atoms with Gasteiger partial charge in [0.15, 0.2) is 6.10 Å². The summed E-state index contributed by atoms with van der Waals surface area (Å²) in [6.45, 7) is 1.91. The molecule has 0 spiro atoms. The summed E-state index contributed by atoms with van der Waals surface area (Å²) in [5.41, 5.74) is 6.07. The van der Waals surface area contributed by atoms with Crippen molar-refractivity contribution in [1.82, 2.24) is 10.9 Å². The number of hydrogen-bond acceptors (Lipinski definition) is 5. The molecule has 2 N–H and O–H groups in total. The van der Waals surface area contributed by atoms with E-state index in [4.69, 9.17) is 14.2 Å². The topological polar surface area (TPSA) is 85.9 Å². The van der Waals surface area contributed by atoms with Crippen LogP contribution >= 0.6 is 0 Å². The Morgan fingerprint density at radius 1 is 0.839 bits per heavy atom. The largest absolute Gasteiger partial charge is 0.497 e. The average Bonchev–Trinajstić information content (AvgIpc) is 2.82. The molecule has 160 valence electrons. The van der Waals surface area contributed by atoms with Crippen LogP contribution in [0.5, 0.6) is 17.2 Å². The van der Waals surface area contributed by atoms with Gasteiger partial charge in [-0.05, 0) is 48.9 Å². The lowest BCUT2D eigenvalue weighted by Gasteiger charge is -2.16. The summed E-state index contributed by atoms with van der Waals surface area (Å²) < 4.78 is 16.5. The van der Waals surface area contributed by atoms with Crippen LogP contribution in [0.25, 0.3) is 0 Å². The molecule has 1 atom stereocenters. The second kappa shape index (κ2) is 10.7. The molecule has 3 rings (SSSR count). The number of nitrogens with one attached hydrogen (secondary N) is 2. The monoisotopic (exact) mass is 420 g/mol. The number of carbonyl (C=O) groups excluding carboxylic acids is 2. The summed E-state index contributed by atoms with van der Waals surface area (Å²) in [4.78, 5) is 24.9. The first-order valence-electron chi connectivity index (χ1n) is 9.73. The van der Waals surface area contributed by atoms with E-state index in [0.29, 0.717) is 29.4 Å². The molecule has 0 bridgehead atoms. The Balaban J connectivity index is 1.54. The Bertz CT molecular complexity index is 1010. The van der Waals surface area contributed by atoms with Gasteiger partial charge < -0.3 is 14.2 Å². The minimum Gasteiger partial charge on any atom is -0.497 e. The summed E-state index contributed by atoms with van der Waals surface area (Å²) in [5, 5.41) is 0. The molecule has 0 heterocycles. The molecule has 0 fully saturated rings. The maximum Gasteiger partial charge on any atom is 0.279 e. The summed E-state index contributed by atoms with van der Waals surface area (Å²) in [6.07, 6.45) is -0.821. The molecular weight excluding hydrogens is 396 g/mol. The van der Waals surface area contributed by atoms with Gasteiger partial charge in [-0.3, -0.25) is 20.4 Å². The van der Waals surface area contributed by atoms with Gasteiger partial charge in [-0.2, -0.15) is 0 Å². The van der Waals surface area contributed by atoms with Gasteiger partial charge in [-0.15, -0.1) is 0 Å². The molecule has 0 saturated carbocycles. The zero-order valence-electron chi connectivity index (χ0n) is 17.3. The molecule has 7 nitrogen and oxygen atoms in total. The third kappa shape index (κ3) is 6.24. The van der Waals surface area contributed by atoms with E-state index >= 15 is 0 Å². The molecule has 0 saturated heterocycles. The van der Waals surface area contributed by atoms with E-state index in [9.17, 15) is 9.59 Å². The molecule has 31 heavy (non-hydrogen) atoms. The molecule has 0 aliphatic heterocycles.